The van der Waals surface area contributed by atoms with E-state index in [4.69, 9.17) is 12.2 Å². The van der Waals surface area contributed by atoms with E-state index < -0.39 is 0 Å². The van der Waals surface area contributed by atoms with E-state index in [0.717, 1.165) is 28.3 Å². The van der Waals surface area contributed by atoms with Crippen LogP contribution in [0, 0.1) is 6.92 Å². The van der Waals surface area contributed by atoms with Gasteiger partial charge in [-0.1, -0.05) is 23.8 Å². The van der Waals surface area contributed by atoms with Crippen molar-refractivity contribution in [2.45, 2.75) is 25.4 Å². The molecule has 1 aliphatic heterocycles. The first-order valence-electron chi connectivity index (χ1n) is 11.8. The lowest BCUT2D eigenvalue weighted by Crippen LogP contribution is -2.33. The van der Waals surface area contributed by atoms with Crippen molar-refractivity contribution in [1.29, 1.82) is 0 Å². The minimum Gasteiger partial charge on any atom is -0.508 e. The first-order chi connectivity index (χ1) is 17.5. The number of anilines is 1. The molecule has 0 aliphatic carbocycles. The molecule has 0 saturated carbocycles. The third-order valence-electron chi connectivity index (χ3n) is 6.32. The van der Waals surface area contributed by atoms with Crippen LogP contribution in [-0.4, -0.2) is 37.1 Å². The van der Waals surface area contributed by atoms with Gasteiger partial charge in [0.25, 0.3) is 0 Å². The van der Waals surface area contributed by atoms with Crippen molar-refractivity contribution in [3.05, 3.63) is 108 Å². The molecular weight excluding hydrogens is 470 g/mol. The first-order valence-corrected chi connectivity index (χ1v) is 12.2. The van der Waals surface area contributed by atoms with Crippen LogP contribution in [0.1, 0.15) is 35.5 Å². The average Bonchev–Trinajstić information content (AvgIpc) is 3.49. The van der Waals surface area contributed by atoms with E-state index in [-0.39, 0.29) is 30.2 Å². The van der Waals surface area contributed by atoms with Gasteiger partial charge in [-0.2, -0.15) is 0 Å². The molecule has 0 radical (unpaired) electrons. The maximum absolute atomic E-state index is 12.8. The van der Waals surface area contributed by atoms with Gasteiger partial charge in [0.05, 0.1) is 17.8 Å². The lowest BCUT2D eigenvalue weighted by atomic mass is 10.0. The van der Waals surface area contributed by atoms with Crippen molar-refractivity contribution < 1.29 is 9.90 Å². The number of benzene rings is 2. The van der Waals surface area contributed by atoms with Crippen LogP contribution in [0.25, 0.3) is 5.69 Å². The number of carbonyl (C=O) groups excluding carboxylic acids is 1. The molecule has 1 fully saturated rings. The number of pyridine rings is 1. The van der Waals surface area contributed by atoms with Gasteiger partial charge in [0, 0.05) is 42.4 Å². The molecule has 1 amide bonds. The van der Waals surface area contributed by atoms with Crippen molar-refractivity contribution >= 4 is 28.9 Å². The molecule has 4 aromatic rings. The van der Waals surface area contributed by atoms with Crippen LogP contribution in [0.15, 0.2) is 91.3 Å². The number of nitrogens with one attached hydrogen (secondary N) is 2. The molecule has 3 heterocycles. The highest BCUT2D eigenvalue weighted by molar-refractivity contribution is 7.80. The minimum absolute atomic E-state index is 0.0735. The number of aryl methyl sites for hydroxylation is 1. The van der Waals surface area contributed by atoms with E-state index in [0.29, 0.717) is 11.7 Å². The zero-order valence-corrected chi connectivity index (χ0v) is 20.7. The van der Waals surface area contributed by atoms with Crippen LogP contribution >= 0.6 is 12.2 Å². The summed E-state index contributed by atoms with van der Waals surface area (Å²) in [5.41, 5.74) is 4.71. The summed E-state index contributed by atoms with van der Waals surface area (Å²) in [6, 6.07) is 24.3. The molecule has 5 rings (SSSR count). The van der Waals surface area contributed by atoms with Gasteiger partial charge in [-0.05, 0) is 79.8 Å². The molecule has 2 aromatic heterocycles. The molecule has 3 N–H and O–H groups in total. The van der Waals surface area contributed by atoms with Crippen LogP contribution < -0.4 is 10.6 Å². The summed E-state index contributed by atoms with van der Waals surface area (Å²) < 4.78 is 2.08. The van der Waals surface area contributed by atoms with Gasteiger partial charge in [0.2, 0.25) is 5.91 Å². The smallest absolute Gasteiger partial charge is 0.226 e. The quantitative estimate of drug-likeness (QED) is 0.316. The number of rotatable bonds is 7. The van der Waals surface area contributed by atoms with Crippen LogP contribution in [0.4, 0.5) is 5.69 Å². The Kier molecular flexibility index (Phi) is 6.69. The molecule has 182 valence electrons. The third-order valence-corrected chi connectivity index (χ3v) is 6.68. The fraction of sp³-hybridized carbons (Fsp3) is 0.179. The minimum atomic E-state index is -0.191. The maximum atomic E-state index is 12.8. The molecule has 7 nitrogen and oxygen atoms in total. The van der Waals surface area contributed by atoms with Gasteiger partial charge < -0.3 is 25.2 Å². The van der Waals surface area contributed by atoms with Crippen molar-refractivity contribution in [2.24, 2.45) is 0 Å². The van der Waals surface area contributed by atoms with Gasteiger partial charge in [-0.3, -0.25) is 9.78 Å². The van der Waals surface area contributed by atoms with Crippen molar-refractivity contribution in [3.8, 4) is 11.4 Å². The number of amides is 1. The van der Waals surface area contributed by atoms with Crippen molar-refractivity contribution in [3.63, 3.8) is 0 Å². The van der Waals surface area contributed by atoms with Gasteiger partial charge in [0.15, 0.2) is 5.11 Å². The summed E-state index contributed by atoms with van der Waals surface area (Å²) in [5.74, 6) is 0.138. The van der Waals surface area contributed by atoms with Gasteiger partial charge in [0.1, 0.15) is 5.75 Å². The number of nitrogens with zero attached hydrogens (tertiary/aromatic N) is 3. The Labute approximate surface area is 215 Å². The Morgan fingerprint density at radius 1 is 1.06 bits per heavy atom. The number of hydrogen-bond donors (Lipinski definition) is 3. The van der Waals surface area contributed by atoms with E-state index in [9.17, 15) is 9.90 Å². The Bertz CT molecular complexity index is 1350. The number of aromatic nitrogens is 2. The number of hydrogen-bond acceptors (Lipinski definition) is 4. The molecule has 36 heavy (non-hydrogen) atoms. The summed E-state index contributed by atoms with van der Waals surface area (Å²) in [5, 5.41) is 16.7. The number of carbonyl (C=O) groups is 1. The largest absolute Gasteiger partial charge is 0.508 e. The van der Waals surface area contributed by atoms with E-state index in [2.05, 4.69) is 31.2 Å². The Morgan fingerprint density at radius 3 is 2.56 bits per heavy atom. The van der Waals surface area contributed by atoms with Gasteiger partial charge >= 0.3 is 0 Å². The molecule has 2 atom stereocenters. The standard InChI is InChI=1S/C28H27N5O2S/c1-19-7-9-20(10-8-19)30-25(35)15-18-33-27(26(31-28(33)36)23-5-2-3-16-29-23)24-6-4-17-32(24)21-11-13-22(34)14-12-21/h2-14,16-17,26-27,34H,15,18H2,1H3,(H,30,35)(H,31,36)/t26-,27+/m0/s1. The van der Waals surface area contributed by atoms with Crippen LogP contribution in [0.5, 0.6) is 5.75 Å². The fourth-order valence-corrected chi connectivity index (χ4v) is 4.87. The van der Waals surface area contributed by atoms with E-state index in [1.165, 1.54) is 0 Å². The summed E-state index contributed by atoms with van der Waals surface area (Å²) in [7, 11) is 0. The second-order valence-electron chi connectivity index (χ2n) is 8.80. The number of aromatic hydroxyl groups is 1. The normalized spacial score (nSPS) is 17.1. The van der Waals surface area contributed by atoms with Crippen molar-refractivity contribution in [2.75, 3.05) is 11.9 Å². The number of phenolic OH excluding ortho intramolecular Hbond substituents is 1. The summed E-state index contributed by atoms with van der Waals surface area (Å²) >= 11 is 5.75. The Hall–Kier alpha value is -4.17. The molecule has 0 spiro atoms. The first kappa shape index (κ1) is 23.6. The highest BCUT2D eigenvalue weighted by atomic mass is 32.1. The van der Waals surface area contributed by atoms with Crippen LogP contribution in [0.3, 0.4) is 0 Å². The second-order valence-corrected chi connectivity index (χ2v) is 9.19. The fourth-order valence-electron chi connectivity index (χ4n) is 4.53. The molecule has 8 heteroatoms. The van der Waals surface area contributed by atoms with E-state index >= 15 is 0 Å². The number of thiocarbonyl (C=S) groups is 1. The van der Waals surface area contributed by atoms with Crippen molar-refractivity contribution in [1.82, 2.24) is 19.8 Å². The molecule has 0 bridgehead atoms. The Balaban J connectivity index is 1.43. The Morgan fingerprint density at radius 2 is 1.83 bits per heavy atom. The average molecular weight is 498 g/mol. The third kappa shape index (κ3) is 4.94. The lowest BCUT2D eigenvalue weighted by molar-refractivity contribution is -0.116. The van der Waals surface area contributed by atoms with Gasteiger partial charge in [-0.25, -0.2) is 0 Å². The lowest BCUT2D eigenvalue weighted by Gasteiger charge is -2.28. The summed E-state index contributed by atoms with van der Waals surface area (Å²) in [6.45, 7) is 2.46. The van der Waals surface area contributed by atoms with Gasteiger partial charge in [-0.15, -0.1) is 0 Å². The summed E-state index contributed by atoms with van der Waals surface area (Å²) in [4.78, 5) is 19.4. The number of phenols is 1. The predicted molar refractivity (Wildman–Crippen MR) is 144 cm³/mol. The van der Waals surface area contributed by atoms with Crippen LogP contribution in [-0.2, 0) is 4.79 Å². The monoisotopic (exact) mass is 497 g/mol. The predicted octanol–water partition coefficient (Wildman–Crippen LogP) is 4.89. The molecular formula is C28H27N5O2S. The highest BCUT2D eigenvalue weighted by Crippen LogP contribution is 2.39. The maximum Gasteiger partial charge on any atom is 0.226 e. The zero-order valence-electron chi connectivity index (χ0n) is 19.8. The highest BCUT2D eigenvalue weighted by Gasteiger charge is 2.41. The topological polar surface area (TPSA) is 82.4 Å². The SMILES string of the molecule is Cc1ccc(NC(=O)CCN2C(=S)N[C@@H](c3ccccn3)[C@H]2c2cccn2-c2ccc(O)cc2)cc1. The second kappa shape index (κ2) is 10.2. The van der Waals surface area contributed by atoms with Crippen LogP contribution in [0.2, 0.25) is 0 Å². The molecule has 0 unspecified atom stereocenters. The van der Waals surface area contributed by atoms with E-state index in [1.807, 2.05) is 73.8 Å². The zero-order chi connectivity index (χ0) is 25.1. The summed E-state index contributed by atoms with van der Waals surface area (Å²) in [6.07, 6.45) is 4.04. The molecule has 2 aromatic carbocycles. The molecule has 1 aliphatic rings. The van der Waals surface area contributed by atoms with E-state index in [1.54, 1.807) is 18.3 Å². The molecule has 1 saturated heterocycles.